The van der Waals surface area contributed by atoms with Gasteiger partial charge in [-0.2, -0.15) is 0 Å². The van der Waals surface area contributed by atoms with Gasteiger partial charge in [-0.15, -0.1) is 0 Å². The summed E-state index contributed by atoms with van der Waals surface area (Å²) < 4.78 is 1.09. The van der Waals surface area contributed by atoms with Gasteiger partial charge in [0, 0.05) is 12.7 Å². The Morgan fingerprint density at radius 2 is 2.50 bits per heavy atom. The molecule has 0 fully saturated rings. The van der Waals surface area contributed by atoms with Crippen molar-refractivity contribution in [1.82, 2.24) is 4.90 Å². The molecule has 0 bridgehead atoms. The van der Waals surface area contributed by atoms with Gasteiger partial charge in [-0.3, -0.25) is 4.99 Å². The molecule has 2 heterocycles. The predicted octanol–water partition coefficient (Wildman–Crippen LogP) is 1.51. The molecule has 0 spiro atoms. The second-order valence-corrected chi connectivity index (χ2v) is 3.11. The molecule has 0 aliphatic carbocycles. The fourth-order valence-electron chi connectivity index (χ4n) is 1.12. The summed E-state index contributed by atoms with van der Waals surface area (Å²) >= 11 is 3.43. The molecule has 52 valence electrons. The van der Waals surface area contributed by atoms with Crippen LogP contribution in [0.4, 0.5) is 0 Å². The van der Waals surface area contributed by atoms with Gasteiger partial charge in [0.25, 0.3) is 0 Å². The molecule has 0 amide bonds. The molecule has 2 rings (SSSR count). The lowest BCUT2D eigenvalue weighted by Gasteiger charge is -2.16. The molecule has 2 aliphatic heterocycles. The first kappa shape index (κ1) is 6.16. The Morgan fingerprint density at radius 3 is 3.30 bits per heavy atom. The third kappa shape index (κ3) is 0.814. The quantitative estimate of drug-likeness (QED) is 0.577. The molecule has 3 heteroatoms. The van der Waals surface area contributed by atoms with Gasteiger partial charge < -0.3 is 4.90 Å². The fourth-order valence-corrected chi connectivity index (χ4v) is 1.63. The third-order valence-corrected chi connectivity index (χ3v) is 2.22. The fraction of sp³-hybridized carbons (Fsp3) is 0.286. The van der Waals surface area contributed by atoms with Gasteiger partial charge in [0.15, 0.2) is 0 Å². The normalized spacial score (nSPS) is 22.3. The minimum Gasteiger partial charge on any atom is -0.331 e. The van der Waals surface area contributed by atoms with Crippen LogP contribution in [0.3, 0.4) is 0 Å². The summed E-state index contributed by atoms with van der Waals surface area (Å²) in [6.45, 7) is 1.94. The Kier molecular flexibility index (Phi) is 1.38. The number of aliphatic imine (C=N–C) groups is 1. The zero-order valence-electron chi connectivity index (χ0n) is 5.42. The highest BCUT2D eigenvalue weighted by Gasteiger charge is 2.18. The molecule has 2 aliphatic rings. The number of fused-ring (bicyclic) bond motifs is 1. The molecule has 0 saturated heterocycles. The molecule has 0 aromatic heterocycles. The van der Waals surface area contributed by atoms with Crippen LogP contribution in [0.1, 0.15) is 0 Å². The summed E-state index contributed by atoms with van der Waals surface area (Å²) in [6, 6.07) is 0. The minimum atomic E-state index is 0.919. The van der Waals surface area contributed by atoms with E-state index in [0.29, 0.717) is 0 Å². The van der Waals surface area contributed by atoms with Crippen LogP contribution in [0.2, 0.25) is 0 Å². The van der Waals surface area contributed by atoms with Gasteiger partial charge >= 0.3 is 0 Å². The van der Waals surface area contributed by atoms with Crippen molar-refractivity contribution in [1.29, 1.82) is 0 Å². The first-order valence-corrected chi connectivity index (χ1v) is 4.03. The Hall–Kier alpha value is -0.570. The maximum atomic E-state index is 4.31. The monoisotopic (exact) mass is 198 g/mol. The van der Waals surface area contributed by atoms with Crippen molar-refractivity contribution < 1.29 is 0 Å². The van der Waals surface area contributed by atoms with Crippen LogP contribution in [-0.2, 0) is 0 Å². The average molecular weight is 199 g/mol. The Morgan fingerprint density at radius 1 is 1.60 bits per heavy atom. The number of hydrogen-bond acceptors (Lipinski definition) is 2. The molecule has 0 atom stereocenters. The third-order valence-electron chi connectivity index (χ3n) is 1.60. The molecule has 0 aromatic carbocycles. The zero-order valence-corrected chi connectivity index (χ0v) is 7.00. The highest BCUT2D eigenvalue weighted by atomic mass is 79.9. The number of hydrogen-bond donors (Lipinski definition) is 0. The van der Waals surface area contributed by atoms with Crippen LogP contribution in [0.15, 0.2) is 27.8 Å². The van der Waals surface area contributed by atoms with Crippen LogP contribution in [-0.4, -0.2) is 23.8 Å². The summed E-state index contributed by atoms with van der Waals surface area (Å²) in [5.41, 5.74) is 0. The Bertz CT molecular complexity index is 240. The van der Waals surface area contributed by atoms with E-state index >= 15 is 0 Å². The van der Waals surface area contributed by atoms with E-state index in [-0.39, 0.29) is 0 Å². The van der Waals surface area contributed by atoms with Crippen molar-refractivity contribution in [3.05, 3.63) is 22.8 Å². The number of allylic oxidation sites excluding steroid dienone is 2. The SMILES string of the molecule is BrC1=CC=CN2CCN=C12. The molecule has 0 unspecified atom stereocenters. The number of nitrogens with zero attached hydrogens (tertiary/aromatic N) is 2. The maximum absolute atomic E-state index is 4.31. The lowest BCUT2D eigenvalue weighted by atomic mass is 10.3. The van der Waals surface area contributed by atoms with Crippen molar-refractivity contribution in [2.75, 3.05) is 13.1 Å². The largest absolute Gasteiger partial charge is 0.331 e. The molecule has 0 aromatic rings. The molecule has 0 saturated carbocycles. The molecule has 2 nitrogen and oxygen atoms in total. The lowest BCUT2D eigenvalue weighted by molar-refractivity contribution is 0.611. The van der Waals surface area contributed by atoms with E-state index in [4.69, 9.17) is 0 Å². The van der Waals surface area contributed by atoms with E-state index in [1.54, 1.807) is 0 Å². The van der Waals surface area contributed by atoms with E-state index in [2.05, 4.69) is 32.0 Å². The maximum Gasteiger partial charge on any atom is 0.142 e. The summed E-state index contributed by atoms with van der Waals surface area (Å²) in [4.78, 5) is 6.46. The van der Waals surface area contributed by atoms with E-state index in [1.807, 2.05) is 12.2 Å². The van der Waals surface area contributed by atoms with E-state index in [0.717, 1.165) is 23.4 Å². The standard InChI is InChI=1S/C7H7BrN2/c8-6-2-1-4-10-5-3-9-7(6)10/h1-2,4H,3,5H2. The van der Waals surface area contributed by atoms with Gasteiger partial charge in [-0.25, -0.2) is 0 Å². The summed E-state index contributed by atoms with van der Waals surface area (Å²) in [6.07, 6.45) is 6.09. The highest BCUT2D eigenvalue weighted by molar-refractivity contribution is 9.12. The number of rotatable bonds is 0. The van der Waals surface area contributed by atoms with Crippen LogP contribution in [0.25, 0.3) is 0 Å². The lowest BCUT2D eigenvalue weighted by Crippen LogP contribution is -2.23. The zero-order chi connectivity index (χ0) is 6.97. The summed E-state index contributed by atoms with van der Waals surface area (Å²) in [5.74, 6) is 1.07. The summed E-state index contributed by atoms with van der Waals surface area (Å²) in [5, 5.41) is 0. The highest BCUT2D eigenvalue weighted by Crippen LogP contribution is 2.19. The topological polar surface area (TPSA) is 15.6 Å². The molecule has 0 radical (unpaired) electrons. The number of amidine groups is 1. The molecular weight excluding hydrogens is 192 g/mol. The first-order chi connectivity index (χ1) is 4.88. The number of halogens is 1. The Balaban J connectivity index is 2.38. The van der Waals surface area contributed by atoms with Gasteiger partial charge in [0.1, 0.15) is 5.84 Å². The molecular formula is C7H7BrN2. The Labute approximate surface area is 68.1 Å². The second-order valence-electron chi connectivity index (χ2n) is 2.25. The van der Waals surface area contributed by atoms with Crippen molar-refractivity contribution >= 4 is 21.8 Å². The minimum absolute atomic E-state index is 0.919. The van der Waals surface area contributed by atoms with Crippen molar-refractivity contribution in [2.45, 2.75) is 0 Å². The summed E-state index contributed by atoms with van der Waals surface area (Å²) in [7, 11) is 0. The smallest absolute Gasteiger partial charge is 0.142 e. The van der Waals surface area contributed by atoms with Gasteiger partial charge in [-0.1, -0.05) is 0 Å². The average Bonchev–Trinajstić information content (AvgIpc) is 2.36. The van der Waals surface area contributed by atoms with Gasteiger partial charge in [0.05, 0.1) is 11.0 Å². The van der Waals surface area contributed by atoms with Crippen LogP contribution in [0.5, 0.6) is 0 Å². The van der Waals surface area contributed by atoms with E-state index in [9.17, 15) is 0 Å². The predicted molar refractivity (Wildman–Crippen MR) is 45.2 cm³/mol. The van der Waals surface area contributed by atoms with Crippen LogP contribution < -0.4 is 0 Å². The van der Waals surface area contributed by atoms with Crippen LogP contribution >= 0.6 is 15.9 Å². The molecule has 0 N–H and O–H groups in total. The van der Waals surface area contributed by atoms with E-state index in [1.165, 1.54) is 0 Å². The van der Waals surface area contributed by atoms with Gasteiger partial charge in [-0.05, 0) is 28.1 Å². The van der Waals surface area contributed by atoms with Crippen molar-refractivity contribution in [3.63, 3.8) is 0 Å². The first-order valence-electron chi connectivity index (χ1n) is 3.23. The molecule has 10 heavy (non-hydrogen) atoms. The van der Waals surface area contributed by atoms with E-state index < -0.39 is 0 Å². The van der Waals surface area contributed by atoms with Crippen molar-refractivity contribution in [2.24, 2.45) is 4.99 Å². The van der Waals surface area contributed by atoms with Crippen molar-refractivity contribution in [3.8, 4) is 0 Å². The van der Waals surface area contributed by atoms with Crippen LogP contribution in [0, 0.1) is 0 Å². The van der Waals surface area contributed by atoms with Gasteiger partial charge in [0.2, 0.25) is 0 Å². The second kappa shape index (κ2) is 2.23.